The summed E-state index contributed by atoms with van der Waals surface area (Å²) in [6, 6.07) is 10.1. The first-order chi connectivity index (χ1) is 13.5. The second kappa shape index (κ2) is 7.87. The van der Waals surface area contributed by atoms with Crippen LogP contribution in [0.1, 0.15) is 53.2 Å². The van der Waals surface area contributed by atoms with Crippen molar-refractivity contribution in [1.82, 2.24) is 15.2 Å². The molecule has 3 heterocycles. The molecule has 3 atom stereocenters. The summed E-state index contributed by atoms with van der Waals surface area (Å²) in [5.74, 6) is -0.496. The van der Waals surface area contributed by atoms with Crippen LogP contribution in [-0.2, 0) is 0 Å². The average molecular weight is 383 g/mol. The molecule has 0 aliphatic carbocycles. The van der Waals surface area contributed by atoms with Crippen LogP contribution in [-0.4, -0.2) is 41.0 Å². The lowest BCUT2D eigenvalue weighted by molar-refractivity contribution is 0.0711. The highest BCUT2D eigenvalue weighted by atomic mass is 19.1. The molecule has 5 nitrogen and oxygen atoms in total. The van der Waals surface area contributed by atoms with Gasteiger partial charge in [0.1, 0.15) is 11.4 Å². The summed E-state index contributed by atoms with van der Waals surface area (Å²) in [5.41, 5.74) is 1.45. The summed E-state index contributed by atoms with van der Waals surface area (Å²) in [5, 5.41) is 3.61. The highest BCUT2D eigenvalue weighted by Crippen LogP contribution is 2.36. The van der Waals surface area contributed by atoms with Gasteiger partial charge in [0.2, 0.25) is 0 Å². The van der Waals surface area contributed by atoms with Crippen molar-refractivity contribution in [2.75, 3.05) is 13.1 Å². The van der Waals surface area contributed by atoms with Crippen LogP contribution in [0, 0.1) is 12.7 Å². The molecule has 6 heteroatoms. The van der Waals surface area contributed by atoms with E-state index >= 15 is 0 Å². The Labute approximate surface area is 164 Å². The summed E-state index contributed by atoms with van der Waals surface area (Å²) in [4.78, 5) is 30.2. The van der Waals surface area contributed by atoms with Gasteiger partial charge in [-0.15, -0.1) is 0 Å². The zero-order valence-corrected chi connectivity index (χ0v) is 16.1. The van der Waals surface area contributed by atoms with Gasteiger partial charge in [-0.2, -0.15) is 0 Å². The Bertz CT molecular complexity index is 926. The zero-order chi connectivity index (χ0) is 19.7. The van der Waals surface area contributed by atoms with Gasteiger partial charge in [-0.3, -0.25) is 9.59 Å². The Morgan fingerprint density at radius 3 is 2.82 bits per heavy atom. The third-order valence-electron chi connectivity index (χ3n) is 6.02. The molecule has 2 aromatic rings. The molecule has 1 aromatic heterocycles. The highest BCUT2D eigenvalue weighted by molar-refractivity contribution is 5.94. The number of pyridine rings is 1. The number of amides is 1. The molecule has 1 amide bonds. The van der Waals surface area contributed by atoms with E-state index in [4.69, 9.17) is 0 Å². The van der Waals surface area contributed by atoms with E-state index in [0.29, 0.717) is 6.54 Å². The molecule has 2 fully saturated rings. The van der Waals surface area contributed by atoms with Crippen LogP contribution in [0.5, 0.6) is 0 Å². The van der Waals surface area contributed by atoms with Gasteiger partial charge in [-0.1, -0.05) is 25.0 Å². The predicted octanol–water partition coefficient (Wildman–Crippen LogP) is 2.96. The molecule has 0 bridgehead atoms. The van der Waals surface area contributed by atoms with E-state index < -0.39 is 0 Å². The minimum Gasteiger partial charge on any atom is -0.333 e. The monoisotopic (exact) mass is 383 g/mol. The number of halogens is 1. The quantitative estimate of drug-likeness (QED) is 0.838. The number of benzene rings is 1. The highest BCUT2D eigenvalue weighted by Gasteiger charge is 2.44. The normalized spacial score (nSPS) is 25.1. The summed E-state index contributed by atoms with van der Waals surface area (Å²) < 4.78 is 13.9. The second-order valence-electron chi connectivity index (χ2n) is 7.90. The van der Waals surface area contributed by atoms with E-state index in [9.17, 15) is 14.0 Å². The van der Waals surface area contributed by atoms with Crippen LogP contribution in [0.15, 0.2) is 41.2 Å². The molecule has 2 saturated heterocycles. The number of hydrogen-bond donors (Lipinski definition) is 2. The molecule has 2 aliphatic heterocycles. The Hall–Kier alpha value is -2.47. The molecular weight excluding hydrogens is 357 g/mol. The van der Waals surface area contributed by atoms with E-state index in [1.807, 2.05) is 11.0 Å². The lowest BCUT2D eigenvalue weighted by atomic mass is 9.88. The van der Waals surface area contributed by atoms with Crippen molar-refractivity contribution in [3.8, 4) is 0 Å². The van der Waals surface area contributed by atoms with Gasteiger partial charge in [0.05, 0.1) is 0 Å². The van der Waals surface area contributed by atoms with Crippen LogP contribution in [0.25, 0.3) is 0 Å². The van der Waals surface area contributed by atoms with Gasteiger partial charge >= 0.3 is 0 Å². The van der Waals surface area contributed by atoms with Crippen LogP contribution in [0.4, 0.5) is 4.39 Å². The van der Waals surface area contributed by atoms with Gasteiger partial charge < -0.3 is 15.2 Å². The Balaban J connectivity index is 1.70. The first-order valence-electron chi connectivity index (χ1n) is 10.0. The number of nitrogens with zero attached hydrogens (tertiary/aromatic N) is 1. The van der Waals surface area contributed by atoms with Gasteiger partial charge in [-0.05, 0) is 56.1 Å². The standard InChI is InChI=1S/C22H26FN3O2/c1-14-9-10-17(21(27)25-14)22(28)26-13-18(15-6-5-7-16(23)12-15)20-19(26)8-3-2-4-11-24-20/h5-7,9-10,12,18-20,24H,2-4,8,11,13H2,1H3,(H,25,27)/t18-,19+,20-/m0/s1. The third kappa shape index (κ3) is 3.61. The maximum absolute atomic E-state index is 13.9. The molecule has 4 rings (SSSR count). The van der Waals surface area contributed by atoms with Crippen molar-refractivity contribution in [3.05, 3.63) is 69.4 Å². The molecular formula is C22H26FN3O2. The van der Waals surface area contributed by atoms with Crippen molar-refractivity contribution < 1.29 is 9.18 Å². The SMILES string of the molecule is Cc1ccc(C(=O)N2C[C@@H](c3cccc(F)c3)[C@@H]3NCCCCC[C@H]32)c(=O)[nH]1. The van der Waals surface area contributed by atoms with Crippen molar-refractivity contribution in [2.45, 2.75) is 50.6 Å². The third-order valence-corrected chi connectivity index (χ3v) is 6.02. The van der Waals surface area contributed by atoms with Crippen molar-refractivity contribution >= 4 is 5.91 Å². The lowest BCUT2D eigenvalue weighted by Gasteiger charge is -2.31. The molecule has 2 aliphatic rings. The first-order valence-corrected chi connectivity index (χ1v) is 10.0. The van der Waals surface area contributed by atoms with Crippen LogP contribution < -0.4 is 10.9 Å². The largest absolute Gasteiger partial charge is 0.333 e. The summed E-state index contributed by atoms with van der Waals surface area (Å²) in [6.45, 7) is 3.16. The van der Waals surface area contributed by atoms with E-state index in [1.165, 1.54) is 6.07 Å². The van der Waals surface area contributed by atoms with Gasteiger partial charge in [-0.25, -0.2) is 4.39 Å². The summed E-state index contributed by atoms with van der Waals surface area (Å²) >= 11 is 0. The summed E-state index contributed by atoms with van der Waals surface area (Å²) in [7, 11) is 0. The fourth-order valence-electron chi connectivity index (χ4n) is 4.64. The molecule has 0 unspecified atom stereocenters. The number of aromatic nitrogens is 1. The molecule has 0 spiro atoms. The maximum atomic E-state index is 13.9. The Morgan fingerprint density at radius 1 is 1.18 bits per heavy atom. The first kappa shape index (κ1) is 18.9. The lowest BCUT2D eigenvalue weighted by Crippen LogP contribution is -2.47. The molecule has 0 radical (unpaired) electrons. The number of carbonyl (C=O) groups excluding carboxylic acids is 1. The van der Waals surface area contributed by atoms with Crippen molar-refractivity contribution in [3.63, 3.8) is 0 Å². The van der Waals surface area contributed by atoms with Gasteiger partial charge in [0, 0.05) is 30.2 Å². The molecule has 1 aromatic carbocycles. The minimum atomic E-state index is -0.352. The van der Waals surface area contributed by atoms with E-state index in [0.717, 1.165) is 43.5 Å². The predicted molar refractivity (Wildman–Crippen MR) is 106 cm³/mol. The topological polar surface area (TPSA) is 65.2 Å². The van der Waals surface area contributed by atoms with E-state index in [-0.39, 0.29) is 40.8 Å². The molecule has 148 valence electrons. The number of rotatable bonds is 2. The van der Waals surface area contributed by atoms with Crippen LogP contribution in [0.3, 0.4) is 0 Å². The number of aromatic amines is 1. The molecule has 2 N–H and O–H groups in total. The molecule has 28 heavy (non-hydrogen) atoms. The minimum absolute atomic E-state index is 0.00164. The number of fused-ring (bicyclic) bond motifs is 1. The van der Waals surface area contributed by atoms with Crippen LogP contribution in [0.2, 0.25) is 0 Å². The Kier molecular flexibility index (Phi) is 5.31. The summed E-state index contributed by atoms with van der Waals surface area (Å²) in [6.07, 6.45) is 4.16. The fourth-order valence-corrected chi connectivity index (χ4v) is 4.64. The number of carbonyl (C=O) groups is 1. The smallest absolute Gasteiger partial charge is 0.260 e. The number of nitrogens with one attached hydrogen (secondary N) is 2. The average Bonchev–Trinajstić information content (AvgIpc) is 2.98. The van der Waals surface area contributed by atoms with Gasteiger partial charge in [0.25, 0.3) is 11.5 Å². The second-order valence-corrected chi connectivity index (χ2v) is 7.90. The Morgan fingerprint density at radius 2 is 2.04 bits per heavy atom. The zero-order valence-electron chi connectivity index (χ0n) is 16.1. The number of likely N-dealkylation sites (tertiary alicyclic amines) is 1. The van der Waals surface area contributed by atoms with E-state index in [2.05, 4.69) is 10.3 Å². The molecule has 0 saturated carbocycles. The van der Waals surface area contributed by atoms with Crippen molar-refractivity contribution in [1.29, 1.82) is 0 Å². The number of H-pyrrole nitrogens is 1. The van der Waals surface area contributed by atoms with Crippen LogP contribution >= 0.6 is 0 Å². The fraction of sp³-hybridized carbons (Fsp3) is 0.455. The number of hydrogen-bond acceptors (Lipinski definition) is 3. The number of aryl methyl sites for hydroxylation is 1. The maximum Gasteiger partial charge on any atom is 0.260 e. The van der Waals surface area contributed by atoms with E-state index in [1.54, 1.807) is 31.2 Å². The van der Waals surface area contributed by atoms with Gasteiger partial charge in [0.15, 0.2) is 0 Å². The van der Waals surface area contributed by atoms with Crippen molar-refractivity contribution in [2.24, 2.45) is 0 Å².